The van der Waals surface area contributed by atoms with E-state index in [2.05, 4.69) is 10.4 Å². The van der Waals surface area contributed by atoms with E-state index in [1.807, 2.05) is 32.0 Å². The van der Waals surface area contributed by atoms with Crippen molar-refractivity contribution in [3.63, 3.8) is 0 Å². The molecule has 3 rings (SSSR count). The van der Waals surface area contributed by atoms with Gasteiger partial charge >= 0.3 is 0 Å². The average Bonchev–Trinajstić information content (AvgIpc) is 3.10. The molecule has 8 heteroatoms. The van der Waals surface area contributed by atoms with Crippen molar-refractivity contribution in [1.29, 1.82) is 0 Å². The molecule has 0 fully saturated rings. The Kier molecular flexibility index (Phi) is 7.01. The Hall–Kier alpha value is -2.70. The van der Waals surface area contributed by atoms with Gasteiger partial charge in [0.05, 0.1) is 42.2 Å². The van der Waals surface area contributed by atoms with Crippen molar-refractivity contribution in [3.05, 3.63) is 70.0 Å². The second-order valence-electron chi connectivity index (χ2n) is 6.15. The molecule has 29 heavy (non-hydrogen) atoms. The normalized spacial score (nSPS) is 10.6. The highest BCUT2D eigenvalue weighted by Crippen LogP contribution is 2.29. The Morgan fingerprint density at radius 3 is 2.55 bits per heavy atom. The summed E-state index contributed by atoms with van der Waals surface area (Å²) in [6.45, 7) is 5.50. The molecular formula is C21H21Cl2N3O3. The van der Waals surface area contributed by atoms with E-state index in [-0.39, 0.29) is 5.91 Å². The maximum atomic E-state index is 12.4. The molecule has 0 saturated heterocycles. The number of rotatable bonds is 8. The van der Waals surface area contributed by atoms with Gasteiger partial charge in [-0.15, -0.1) is 0 Å². The van der Waals surface area contributed by atoms with E-state index in [0.29, 0.717) is 52.6 Å². The van der Waals surface area contributed by atoms with Crippen LogP contribution in [-0.2, 0) is 6.54 Å². The average molecular weight is 434 g/mol. The van der Waals surface area contributed by atoms with Crippen LogP contribution in [0.4, 0.5) is 5.69 Å². The van der Waals surface area contributed by atoms with Crippen LogP contribution in [-0.4, -0.2) is 28.9 Å². The Balaban J connectivity index is 1.70. The molecule has 1 amide bonds. The number of anilines is 1. The molecule has 0 aliphatic rings. The van der Waals surface area contributed by atoms with Crippen molar-refractivity contribution in [2.24, 2.45) is 0 Å². The summed E-state index contributed by atoms with van der Waals surface area (Å²) in [4.78, 5) is 12.4. The summed E-state index contributed by atoms with van der Waals surface area (Å²) in [5, 5.41) is 7.86. The minimum absolute atomic E-state index is 0.292. The molecule has 0 spiro atoms. The number of hydrogen-bond donors (Lipinski definition) is 1. The van der Waals surface area contributed by atoms with Gasteiger partial charge in [0.1, 0.15) is 0 Å². The Morgan fingerprint density at radius 1 is 1.07 bits per heavy atom. The van der Waals surface area contributed by atoms with E-state index in [0.717, 1.165) is 5.56 Å². The molecule has 1 aromatic heterocycles. The van der Waals surface area contributed by atoms with Crippen molar-refractivity contribution in [2.45, 2.75) is 20.4 Å². The molecule has 0 bridgehead atoms. The zero-order valence-electron chi connectivity index (χ0n) is 16.1. The number of nitrogens with one attached hydrogen (secondary N) is 1. The second-order valence-corrected chi connectivity index (χ2v) is 7.00. The third kappa shape index (κ3) is 5.43. The first-order chi connectivity index (χ1) is 14.0. The third-order valence-electron chi connectivity index (χ3n) is 4.02. The second kappa shape index (κ2) is 9.67. The van der Waals surface area contributed by atoms with Crippen LogP contribution >= 0.6 is 23.2 Å². The molecule has 152 valence electrons. The molecule has 1 N–H and O–H groups in total. The smallest absolute Gasteiger partial charge is 0.257 e. The van der Waals surface area contributed by atoms with Gasteiger partial charge in [0.15, 0.2) is 11.5 Å². The molecule has 6 nitrogen and oxygen atoms in total. The van der Waals surface area contributed by atoms with Crippen LogP contribution in [0.2, 0.25) is 10.0 Å². The lowest BCUT2D eigenvalue weighted by molar-refractivity contribution is 0.102. The van der Waals surface area contributed by atoms with Gasteiger partial charge in [-0.05, 0) is 49.7 Å². The number of aromatic nitrogens is 2. The standard InChI is InChI=1S/C21H21Cl2N3O3/c1-3-28-19-8-5-14(9-20(19)29-4-2)12-26-13-16(11-24-26)25-21(27)17-7-6-15(22)10-18(17)23/h5-11,13H,3-4,12H2,1-2H3,(H,25,27). The van der Waals surface area contributed by atoms with Gasteiger partial charge in [-0.3, -0.25) is 9.48 Å². The number of carbonyl (C=O) groups is 1. The molecule has 3 aromatic rings. The number of hydrogen-bond acceptors (Lipinski definition) is 4. The molecule has 1 heterocycles. The van der Waals surface area contributed by atoms with Gasteiger partial charge in [-0.2, -0.15) is 5.10 Å². The van der Waals surface area contributed by atoms with Crippen LogP contribution in [0.5, 0.6) is 11.5 Å². The highest BCUT2D eigenvalue weighted by Gasteiger charge is 2.12. The molecular weight excluding hydrogens is 413 g/mol. The number of halogens is 2. The zero-order valence-corrected chi connectivity index (χ0v) is 17.6. The lowest BCUT2D eigenvalue weighted by atomic mass is 10.2. The van der Waals surface area contributed by atoms with E-state index in [4.69, 9.17) is 32.7 Å². The van der Waals surface area contributed by atoms with E-state index >= 15 is 0 Å². The van der Waals surface area contributed by atoms with Gasteiger partial charge in [-0.1, -0.05) is 29.3 Å². The van der Waals surface area contributed by atoms with Crippen molar-refractivity contribution in [2.75, 3.05) is 18.5 Å². The third-order valence-corrected chi connectivity index (χ3v) is 4.57. The SMILES string of the molecule is CCOc1ccc(Cn2cc(NC(=O)c3ccc(Cl)cc3Cl)cn2)cc1OCC. The van der Waals surface area contributed by atoms with Gasteiger partial charge in [-0.25, -0.2) is 0 Å². The fourth-order valence-electron chi connectivity index (χ4n) is 2.77. The molecule has 0 aliphatic heterocycles. The molecule has 0 aliphatic carbocycles. The molecule has 0 atom stereocenters. The van der Waals surface area contributed by atoms with Crippen LogP contribution in [0.1, 0.15) is 29.8 Å². The van der Waals surface area contributed by atoms with E-state index in [9.17, 15) is 4.79 Å². The minimum Gasteiger partial charge on any atom is -0.490 e. The molecule has 2 aromatic carbocycles. The first-order valence-corrected chi connectivity index (χ1v) is 9.93. The lowest BCUT2D eigenvalue weighted by Gasteiger charge is -2.12. The number of nitrogens with zero attached hydrogens (tertiary/aromatic N) is 2. The maximum absolute atomic E-state index is 12.4. The van der Waals surface area contributed by atoms with E-state index in [1.165, 1.54) is 6.07 Å². The Labute approximate surface area is 179 Å². The van der Waals surface area contributed by atoms with Crippen molar-refractivity contribution in [3.8, 4) is 11.5 Å². The minimum atomic E-state index is -0.328. The zero-order chi connectivity index (χ0) is 20.8. The number of amides is 1. The highest BCUT2D eigenvalue weighted by atomic mass is 35.5. The predicted molar refractivity (Wildman–Crippen MR) is 115 cm³/mol. The summed E-state index contributed by atoms with van der Waals surface area (Å²) in [6, 6.07) is 10.5. The summed E-state index contributed by atoms with van der Waals surface area (Å²) in [6.07, 6.45) is 3.33. The first-order valence-electron chi connectivity index (χ1n) is 9.17. The van der Waals surface area contributed by atoms with Crippen molar-refractivity contribution >= 4 is 34.8 Å². The van der Waals surface area contributed by atoms with Gasteiger partial charge in [0, 0.05) is 11.2 Å². The topological polar surface area (TPSA) is 65.4 Å². The Bertz CT molecular complexity index is 1000. The summed E-state index contributed by atoms with van der Waals surface area (Å²) in [5.74, 6) is 1.09. The van der Waals surface area contributed by atoms with Crippen molar-refractivity contribution < 1.29 is 14.3 Å². The molecule has 0 radical (unpaired) electrons. The van der Waals surface area contributed by atoms with Crippen LogP contribution < -0.4 is 14.8 Å². The maximum Gasteiger partial charge on any atom is 0.257 e. The van der Waals surface area contributed by atoms with E-state index < -0.39 is 0 Å². The largest absolute Gasteiger partial charge is 0.490 e. The first kappa shape index (κ1) is 21.0. The monoisotopic (exact) mass is 433 g/mol. The fourth-order valence-corrected chi connectivity index (χ4v) is 3.26. The number of ether oxygens (including phenoxy) is 2. The Morgan fingerprint density at radius 2 is 1.83 bits per heavy atom. The number of carbonyl (C=O) groups excluding carboxylic acids is 1. The number of benzene rings is 2. The summed E-state index contributed by atoms with van der Waals surface area (Å²) < 4.78 is 13.0. The van der Waals surface area contributed by atoms with Crippen LogP contribution in [0.25, 0.3) is 0 Å². The van der Waals surface area contributed by atoms with Gasteiger partial charge in [0.25, 0.3) is 5.91 Å². The lowest BCUT2D eigenvalue weighted by Crippen LogP contribution is -2.12. The van der Waals surface area contributed by atoms with Crippen LogP contribution in [0, 0.1) is 0 Å². The molecule has 0 unspecified atom stereocenters. The predicted octanol–water partition coefficient (Wildman–Crippen LogP) is 5.29. The van der Waals surface area contributed by atoms with Crippen LogP contribution in [0.15, 0.2) is 48.8 Å². The highest BCUT2D eigenvalue weighted by molar-refractivity contribution is 6.37. The summed E-state index contributed by atoms with van der Waals surface area (Å²) in [7, 11) is 0. The fraction of sp³-hybridized carbons (Fsp3) is 0.238. The van der Waals surface area contributed by atoms with Crippen molar-refractivity contribution in [1.82, 2.24) is 9.78 Å². The van der Waals surface area contributed by atoms with E-state index in [1.54, 1.807) is 29.2 Å². The van der Waals surface area contributed by atoms with Gasteiger partial charge < -0.3 is 14.8 Å². The summed E-state index contributed by atoms with van der Waals surface area (Å²) in [5.41, 5.74) is 1.91. The summed E-state index contributed by atoms with van der Waals surface area (Å²) >= 11 is 12.0. The van der Waals surface area contributed by atoms with Gasteiger partial charge in [0.2, 0.25) is 0 Å². The van der Waals surface area contributed by atoms with Crippen LogP contribution in [0.3, 0.4) is 0 Å². The quantitative estimate of drug-likeness (QED) is 0.524. The molecule has 0 saturated carbocycles.